The molecule has 0 saturated carbocycles. The maximum absolute atomic E-state index is 11.4. The first kappa shape index (κ1) is 15.2. The van der Waals surface area contributed by atoms with Crippen LogP contribution in [0.15, 0.2) is 17.0 Å². The van der Waals surface area contributed by atoms with Gasteiger partial charge in [0, 0.05) is 0 Å². The molecule has 0 amide bonds. The molecule has 1 aromatic carbocycles. The van der Waals surface area contributed by atoms with E-state index in [-0.39, 0.29) is 10.6 Å². The summed E-state index contributed by atoms with van der Waals surface area (Å²) in [5.74, 6) is 0. The van der Waals surface area contributed by atoms with Crippen LogP contribution < -0.4 is 9.86 Å². The average Bonchev–Trinajstić information content (AvgIpc) is 2.22. The summed E-state index contributed by atoms with van der Waals surface area (Å²) < 4.78 is 47.5. The fourth-order valence-electron chi connectivity index (χ4n) is 1.29. The molecule has 0 aliphatic carbocycles. The first-order chi connectivity index (χ1) is 8.07. The lowest BCUT2D eigenvalue weighted by atomic mass is 10.1. The van der Waals surface area contributed by atoms with Crippen molar-refractivity contribution in [1.82, 2.24) is 0 Å². The lowest BCUT2D eigenvalue weighted by Gasteiger charge is -2.12. The molecule has 0 aliphatic heterocycles. The number of sulfonamides is 2. The quantitative estimate of drug-likeness (QED) is 0.805. The Balaban J connectivity index is 3.41. The smallest absolute Gasteiger partial charge is 0.246 e. The van der Waals surface area contributed by atoms with Crippen molar-refractivity contribution >= 4 is 37.3 Å². The Morgan fingerprint density at radius 1 is 1.22 bits per heavy atom. The molecule has 18 heavy (non-hydrogen) atoms. The molecular weight excluding hydrogens is 300 g/mol. The van der Waals surface area contributed by atoms with E-state index in [0.29, 0.717) is 11.1 Å². The van der Waals surface area contributed by atoms with Crippen molar-refractivity contribution < 1.29 is 16.8 Å². The second-order valence-electron chi connectivity index (χ2n) is 3.78. The molecule has 0 aliphatic rings. The summed E-state index contributed by atoms with van der Waals surface area (Å²) in [6, 6.07) is 2.55. The summed E-state index contributed by atoms with van der Waals surface area (Å²) in [6.07, 6.45) is 0. The van der Waals surface area contributed by atoms with Gasteiger partial charge in [-0.25, -0.2) is 22.0 Å². The minimum Gasteiger partial charge on any atom is -0.282 e. The number of alkyl halides is 1. The van der Waals surface area contributed by atoms with Gasteiger partial charge in [-0.05, 0) is 37.1 Å². The van der Waals surface area contributed by atoms with Crippen LogP contribution in [0.5, 0.6) is 0 Å². The molecule has 0 atom stereocenters. The highest BCUT2D eigenvalue weighted by atomic mass is 35.5. The highest BCUT2D eigenvalue weighted by Gasteiger charge is 2.16. The highest BCUT2D eigenvalue weighted by molar-refractivity contribution is 7.93. The Bertz CT molecular complexity index is 668. The molecule has 0 bridgehead atoms. The van der Waals surface area contributed by atoms with Crippen LogP contribution in [0.3, 0.4) is 0 Å². The van der Waals surface area contributed by atoms with Gasteiger partial charge in [0.2, 0.25) is 20.0 Å². The summed E-state index contributed by atoms with van der Waals surface area (Å²) >= 11 is 5.27. The third-order valence-corrected chi connectivity index (χ3v) is 4.95. The van der Waals surface area contributed by atoms with Crippen molar-refractivity contribution in [3.63, 3.8) is 0 Å². The summed E-state index contributed by atoms with van der Waals surface area (Å²) in [4.78, 5) is -0.155. The molecule has 0 aromatic heterocycles. The van der Waals surface area contributed by atoms with Crippen molar-refractivity contribution in [3.05, 3.63) is 23.3 Å². The number of primary sulfonamides is 1. The van der Waals surface area contributed by atoms with E-state index in [9.17, 15) is 16.8 Å². The molecule has 0 saturated heterocycles. The van der Waals surface area contributed by atoms with Crippen molar-refractivity contribution in [1.29, 1.82) is 0 Å². The normalized spacial score (nSPS) is 12.4. The fraction of sp³-hybridized carbons (Fsp3) is 0.333. The van der Waals surface area contributed by atoms with Gasteiger partial charge < -0.3 is 0 Å². The van der Waals surface area contributed by atoms with E-state index in [2.05, 4.69) is 4.72 Å². The summed E-state index contributed by atoms with van der Waals surface area (Å²) in [5.41, 5.74) is 1.37. The molecule has 0 heterocycles. The summed E-state index contributed by atoms with van der Waals surface area (Å²) in [5, 5.41) is 4.39. The topological polar surface area (TPSA) is 106 Å². The first-order valence-electron chi connectivity index (χ1n) is 4.77. The number of rotatable bonds is 4. The minimum atomic E-state index is -3.89. The Kier molecular flexibility index (Phi) is 4.26. The van der Waals surface area contributed by atoms with E-state index in [1.54, 1.807) is 13.8 Å². The Labute approximate surface area is 111 Å². The summed E-state index contributed by atoms with van der Waals surface area (Å²) in [6.45, 7) is 3.32. The van der Waals surface area contributed by atoms with Gasteiger partial charge in [0.1, 0.15) is 5.21 Å². The molecule has 3 N–H and O–H groups in total. The van der Waals surface area contributed by atoms with Crippen LogP contribution in [-0.2, 0) is 20.0 Å². The van der Waals surface area contributed by atoms with E-state index < -0.39 is 25.3 Å². The van der Waals surface area contributed by atoms with Gasteiger partial charge in [0.05, 0.1) is 10.6 Å². The zero-order valence-electron chi connectivity index (χ0n) is 9.77. The Hall–Kier alpha value is -0.830. The van der Waals surface area contributed by atoms with E-state index in [0.717, 1.165) is 0 Å². The maximum Gasteiger partial charge on any atom is 0.246 e. The average molecular weight is 313 g/mol. The first-order valence-corrected chi connectivity index (χ1v) is 8.50. The number of aryl methyl sites for hydroxylation is 1. The number of nitrogens with two attached hydrogens (primary N) is 1. The van der Waals surface area contributed by atoms with Gasteiger partial charge >= 0.3 is 0 Å². The van der Waals surface area contributed by atoms with Crippen molar-refractivity contribution in [3.8, 4) is 0 Å². The van der Waals surface area contributed by atoms with Crippen LogP contribution in [0.2, 0.25) is 0 Å². The van der Waals surface area contributed by atoms with Gasteiger partial charge in [0.15, 0.2) is 0 Å². The number of hydrogen-bond donors (Lipinski definition) is 2. The van der Waals surface area contributed by atoms with Crippen molar-refractivity contribution in [2.75, 3.05) is 9.93 Å². The zero-order chi connectivity index (χ0) is 14.1. The molecule has 0 fully saturated rings. The van der Waals surface area contributed by atoms with Gasteiger partial charge in [-0.3, -0.25) is 4.72 Å². The maximum atomic E-state index is 11.4. The molecule has 6 nitrogen and oxygen atoms in total. The largest absolute Gasteiger partial charge is 0.282 e. The van der Waals surface area contributed by atoms with Gasteiger partial charge in [-0.2, -0.15) is 0 Å². The Morgan fingerprint density at radius 3 is 2.22 bits per heavy atom. The van der Waals surface area contributed by atoms with Crippen molar-refractivity contribution in [2.24, 2.45) is 5.14 Å². The third kappa shape index (κ3) is 3.58. The van der Waals surface area contributed by atoms with Crippen LogP contribution in [0.4, 0.5) is 5.69 Å². The number of anilines is 1. The molecule has 1 aromatic rings. The van der Waals surface area contributed by atoms with E-state index in [1.165, 1.54) is 12.1 Å². The predicted octanol–water partition coefficient (Wildman–Crippen LogP) is 0.889. The summed E-state index contributed by atoms with van der Waals surface area (Å²) in [7, 11) is -7.59. The highest BCUT2D eigenvalue weighted by Crippen LogP contribution is 2.24. The SMILES string of the molecule is Cc1cc(S(N)(=O)=O)cc(NS(=O)(=O)CCl)c1C. The number of nitrogens with one attached hydrogen (secondary N) is 1. The van der Waals surface area contributed by atoms with Gasteiger partial charge in [-0.15, -0.1) is 11.6 Å². The fourth-order valence-corrected chi connectivity index (χ4v) is 2.68. The second kappa shape index (κ2) is 5.04. The van der Waals surface area contributed by atoms with Crippen LogP contribution >= 0.6 is 11.6 Å². The predicted molar refractivity (Wildman–Crippen MR) is 70.6 cm³/mol. The third-order valence-electron chi connectivity index (χ3n) is 2.38. The van der Waals surface area contributed by atoms with Crippen LogP contribution in [0.25, 0.3) is 0 Å². The monoisotopic (exact) mass is 312 g/mol. The lowest BCUT2D eigenvalue weighted by molar-refractivity contribution is 0.597. The van der Waals surface area contributed by atoms with E-state index in [4.69, 9.17) is 16.7 Å². The Morgan fingerprint density at radius 2 is 1.78 bits per heavy atom. The van der Waals surface area contributed by atoms with Crippen LogP contribution in [-0.4, -0.2) is 22.0 Å². The van der Waals surface area contributed by atoms with Gasteiger partial charge in [-0.1, -0.05) is 0 Å². The van der Waals surface area contributed by atoms with Crippen LogP contribution in [0.1, 0.15) is 11.1 Å². The van der Waals surface area contributed by atoms with E-state index >= 15 is 0 Å². The minimum absolute atomic E-state index is 0.152. The second-order valence-corrected chi connectivity index (χ2v) is 7.65. The molecule has 1 rings (SSSR count). The van der Waals surface area contributed by atoms with Crippen LogP contribution in [0, 0.1) is 13.8 Å². The molecule has 0 spiro atoms. The molecule has 9 heteroatoms. The lowest BCUT2D eigenvalue weighted by Crippen LogP contribution is -2.17. The molecular formula is C9H13ClN2O4S2. The molecule has 0 unspecified atom stereocenters. The number of halogens is 1. The molecule has 0 radical (unpaired) electrons. The standard InChI is InChI=1S/C9H13ClN2O4S2/c1-6-3-8(18(11,15)16)4-9(7(6)2)12-17(13,14)5-10/h3-4,12H,5H2,1-2H3,(H2,11,15,16). The number of benzene rings is 1. The van der Waals surface area contributed by atoms with Gasteiger partial charge in [0.25, 0.3) is 0 Å². The van der Waals surface area contributed by atoms with Crippen molar-refractivity contribution in [2.45, 2.75) is 18.7 Å². The molecule has 102 valence electrons. The van der Waals surface area contributed by atoms with E-state index in [1.807, 2.05) is 0 Å². The number of hydrogen-bond acceptors (Lipinski definition) is 4. The zero-order valence-corrected chi connectivity index (χ0v) is 12.2.